The maximum atomic E-state index is 11.9. The van der Waals surface area contributed by atoms with Gasteiger partial charge in [0.05, 0.1) is 6.61 Å². The molecular weight excluding hydrogens is 366 g/mol. The predicted molar refractivity (Wildman–Crippen MR) is 116 cm³/mol. The van der Waals surface area contributed by atoms with E-state index in [0.717, 1.165) is 36.6 Å². The number of benzene rings is 1. The number of nitrogens with zero attached hydrogens (tertiary/aromatic N) is 3. The number of ether oxygens (including phenoxy) is 1. The van der Waals surface area contributed by atoms with E-state index in [9.17, 15) is 4.79 Å². The molecule has 3 rings (SSSR count). The van der Waals surface area contributed by atoms with E-state index in [-0.39, 0.29) is 12.1 Å². The molecule has 1 fully saturated rings. The fraction of sp³-hybridized carbons (Fsp3) is 0.500. The summed E-state index contributed by atoms with van der Waals surface area (Å²) in [7, 11) is 0. The van der Waals surface area contributed by atoms with E-state index < -0.39 is 0 Å². The van der Waals surface area contributed by atoms with Gasteiger partial charge in [-0.15, -0.1) is 0 Å². The molecule has 2 heterocycles. The second-order valence-corrected chi connectivity index (χ2v) is 7.71. The summed E-state index contributed by atoms with van der Waals surface area (Å²) in [6.07, 6.45) is 1.50. The van der Waals surface area contributed by atoms with Crippen LogP contribution >= 0.6 is 0 Å². The van der Waals surface area contributed by atoms with E-state index in [4.69, 9.17) is 14.7 Å². The van der Waals surface area contributed by atoms with Gasteiger partial charge in [-0.05, 0) is 25.7 Å². The van der Waals surface area contributed by atoms with Gasteiger partial charge in [-0.3, -0.25) is 0 Å². The average Bonchev–Trinajstić information content (AvgIpc) is 2.73. The molecule has 7 nitrogen and oxygen atoms in total. The third-order valence-electron chi connectivity index (χ3n) is 4.82. The smallest absolute Gasteiger partial charge is 0.409 e. The molecular formula is C22H31N5O2. The molecule has 29 heavy (non-hydrogen) atoms. The van der Waals surface area contributed by atoms with Crippen LogP contribution in [0.5, 0.6) is 0 Å². The highest BCUT2D eigenvalue weighted by molar-refractivity contribution is 5.67. The molecule has 1 saturated heterocycles. The third-order valence-corrected chi connectivity index (χ3v) is 4.82. The lowest BCUT2D eigenvalue weighted by Crippen LogP contribution is -2.42. The number of aromatic nitrogens is 2. The Bertz CT molecular complexity index is 789. The minimum atomic E-state index is -0.223. The van der Waals surface area contributed by atoms with Crippen LogP contribution in [0.15, 0.2) is 36.4 Å². The van der Waals surface area contributed by atoms with Crippen molar-refractivity contribution >= 4 is 17.7 Å². The average molecular weight is 398 g/mol. The summed E-state index contributed by atoms with van der Waals surface area (Å²) < 4.78 is 5.10. The fourth-order valence-electron chi connectivity index (χ4n) is 3.27. The standard InChI is InChI=1S/C22H31N5O2/c1-4-29-22(28)27-12-10-18(11-13-27)24-20-14-19(23-15-16(2)3)25-21(26-20)17-8-6-5-7-9-17/h5-9,14,16,18H,4,10-13,15H2,1-3H3,(H2,23,24,25,26). The summed E-state index contributed by atoms with van der Waals surface area (Å²) in [6.45, 7) is 8.80. The van der Waals surface area contributed by atoms with Crippen LogP contribution in [0, 0.1) is 5.92 Å². The Balaban J connectivity index is 1.71. The molecule has 0 saturated carbocycles. The normalized spacial score (nSPS) is 14.7. The first-order chi connectivity index (χ1) is 14.0. The van der Waals surface area contributed by atoms with Crippen molar-refractivity contribution < 1.29 is 9.53 Å². The van der Waals surface area contributed by atoms with Gasteiger partial charge in [-0.2, -0.15) is 0 Å². The molecule has 1 aliphatic rings. The molecule has 0 atom stereocenters. The Kier molecular flexibility index (Phi) is 7.27. The molecule has 2 N–H and O–H groups in total. The molecule has 1 aromatic carbocycles. The highest BCUT2D eigenvalue weighted by atomic mass is 16.6. The number of hydrogen-bond acceptors (Lipinski definition) is 6. The molecule has 1 aromatic heterocycles. The van der Waals surface area contributed by atoms with Crippen LogP contribution in [-0.4, -0.2) is 53.2 Å². The number of carbonyl (C=O) groups is 1. The zero-order valence-corrected chi connectivity index (χ0v) is 17.5. The van der Waals surface area contributed by atoms with E-state index in [2.05, 4.69) is 24.5 Å². The van der Waals surface area contributed by atoms with E-state index in [1.54, 1.807) is 4.90 Å². The predicted octanol–water partition coefficient (Wildman–Crippen LogP) is 4.24. The van der Waals surface area contributed by atoms with Gasteiger partial charge in [0.25, 0.3) is 0 Å². The summed E-state index contributed by atoms with van der Waals surface area (Å²) in [4.78, 5) is 23.1. The highest BCUT2D eigenvalue weighted by Crippen LogP contribution is 2.23. The van der Waals surface area contributed by atoms with Gasteiger partial charge in [0.2, 0.25) is 0 Å². The third kappa shape index (κ3) is 6.07. The molecule has 7 heteroatoms. The van der Waals surface area contributed by atoms with Crippen LogP contribution in [-0.2, 0) is 4.74 Å². The van der Waals surface area contributed by atoms with Gasteiger partial charge >= 0.3 is 6.09 Å². The molecule has 1 aliphatic heterocycles. The van der Waals surface area contributed by atoms with Gasteiger partial charge < -0.3 is 20.3 Å². The number of rotatable bonds is 7. The maximum absolute atomic E-state index is 11.9. The fourth-order valence-corrected chi connectivity index (χ4v) is 3.27. The van der Waals surface area contributed by atoms with Gasteiger partial charge in [-0.1, -0.05) is 44.2 Å². The largest absolute Gasteiger partial charge is 0.450 e. The number of anilines is 2. The summed E-state index contributed by atoms with van der Waals surface area (Å²) in [5.41, 5.74) is 0.987. The van der Waals surface area contributed by atoms with Gasteiger partial charge in [0.15, 0.2) is 5.82 Å². The van der Waals surface area contributed by atoms with Crippen molar-refractivity contribution in [2.24, 2.45) is 5.92 Å². The van der Waals surface area contributed by atoms with Crippen molar-refractivity contribution in [2.75, 3.05) is 36.9 Å². The molecule has 2 aromatic rings. The lowest BCUT2D eigenvalue weighted by Gasteiger charge is -2.32. The summed E-state index contributed by atoms with van der Waals surface area (Å²) in [6, 6.07) is 12.2. The molecule has 1 amide bonds. The number of piperidine rings is 1. The van der Waals surface area contributed by atoms with Crippen LogP contribution in [0.4, 0.5) is 16.4 Å². The van der Waals surface area contributed by atoms with Crippen LogP contribution in [0.25, 0.3) is 11.4 Å². The molecule has 0 unspecified atom stereocenters. The number of likely N-dealkylation sites (tertiary alicyclic amines) is 1. The van der Waals surface area contributed by atoms with Crippen LogP contribution in [0.2, 0.25) is 0 Å². The first-order valence-corrected chi connectivity index (χ1v) is 10.4. The van der Waals surface area contributed by atoms with Crippen molar-refractivity contribution in [1.29, 1.82) is 0 Å². The van der Waals surface area contributed by atoms with E-state index in [1.807, 2.05) is 43.3 Å². The van der Waals surface area contributed by atoms with Crippen molar-refractivity contribution in [1.82, 2.24) is 14.9 Å². The number of amides is 1. The molecule has 0 bridgehead atoms. The highest BCUT2D eigenvalue weighted by Gasteiger charge is 2.24. The van der Waals surface area contributed by atoms with Crippen LogP contribution in [0.1, 0.15) is 33.6 Å². The SMILES string of the molecule is CCOC(=O)N1CCC(Nc2cc(NCC(C)C)nc(-c3ccccc3)n2)CC1. The topological polar surface area (TPSA) is 79.4 Å². The number of carbonyl (C=O) groups excluding carboxylic acids is 1. The second kappa shape index (κ2) is 10.1. The first kappa shape index (κ1) is 20.9. The number of hydrogen-bond donors (Lipinski definition) is 2. The van der Waals surface area contributed by atoms with Crippen molar-refractivity contribution in [3.8, 4) is 11.4 Å². The molecule has 0 radical (unpaired) electrons. The zero-order valence-electron chi connectivity index (χ0n) is 17.5. The number of nitrogens with one attached hydrogen (secondary N) is 2. The van der Waals surface area contributed by atoms with Gasteiger partial charge in [-0.25, -0.2) is 14.8 Å². The van der Waals surface area contributed by atoms with Crippen molar-refractivity contribution in [3.63, 3.8) is 0 Å². The molecule has 156 valence electrons. The van der Waals surface area contributed by atoms with E-state index >= 15 is 0 Å². The van der Waals surface area contributed by atoms with Gasteiger partial charge in [0.1, 0.15) is 11.6 Å². The maximum Gasteiger partial charge on any atom is 0.409 e. The van der Waals surface area contributed by atoms with E-state index in [0.29, 0.717) is 31.4 Å². The Morgan fingerprint density at radius 3 is 2.52 bits per heavy atom. The summed E-state index contributed by atoms with van der Waals surface area (Å²) >= 11 is 0. The minimum absolute atomic E-state index is 0.223. The Morgan fingerprint density at radius 2 is 1.86 bits per heavy atom. The molecule has 0 spiro atoms. The quantitative estimate of drug-likeness (QED) is 0.727. The van der Waals surface area contributed by atoms with E-state index in [1.165, 1.54) is 0 Å². The monoisotopic (exact) mass is 397 g/mol. The minimum Gasteiger partial charge on any atom is -0.450 e. The second-order valence-electron chi connectivity index (χ2n) is 7.71. The molecule has 0 aliphatic carbocycles. The summed E-state index contributed by atoms with van der Waals surface area (Å²) in [5.74, 6) is 2.85. The van der Waals surface area contributed by atoms with Crippen LogP contribution in [0.3, 0.4) is 0 Å². The Morgan fingerprint density at radius 1 is 1.17 bits per heavy atom. The van der Waals surface area contributed by atoms with Crippen molar-refractivity contribution in [3.05, 3.63) is 36.4 Å². The first-order valence-electron chi connectivity index (χ1n) is 10.4. The Labute approximate surface area is 172 Å². The lowest BCUT2D eigenvalue weighted by molar-refractivity contribution is 0.0983. The Hall–Kier alpha value is -2.83. The lowest BCUT2D eigenvalue weighted by atomic mass is 10.1. The zero-order chi connectivity index (χ0) is 20.6. The van der Waals surface area contributed by atoms with Gasteiger partial charge in [0, 0.05) is 37.3 Å². The van der Waals surface area contributed by atoms with Crippen molar-refractivity contribution in [2.45, 2.75) is 39.7 Å². The van der Waals surface area contributed by atoms with Crippen LogP contribution < -0.4 is 10.6 Å². The summed E-state index contributed by atoms with van der Waals surface area (Å²) in [5, 5.41) is 6.95.